The summed E-state index contributed by atoms with van der Waals surface area (Å²) in [5.74, 6) is 1.24. The molecule has 1 saturated heterocycles. The molecule has 162 valence electrons. The summed E-state index contributed by atoms with van der Waals surface area (Å²) < 4.78 is 10.1. The number of nitrogens with one attached hydrogen (secondary N) is 1. The molecular weight excluding hydrogens is 390 g/mol. The van der Waals surface area contributed by atoms with E-state index in [2.05, 4.69) is 63.3 Å². The zero-order valence-electron chi connectivity index (χ0n) is 18.1. The predicted octanol–water partition coefficient (Wildman–Crippen LogP) is 4.88. The first-order chi connectivity index (χ1) is 14.8. The summed E-state index contributed by atoms with van der Waals surface area (Å²) in [6.45, 7) is 3.99. The van der Waals surface area contributed by atoms with E-state index in [9.17, 15) is 0 Å². The molecule has 0 spiro atoms. The van der Waals surface area contributed by atoms with Crippen molar-refractivity contribution in [2.45, 2.75) is 56.7 Å². The lowest BCUT2D eigenvalue weighted by atomic mass is 9.82. The van der Waals surface area contributed by atoms with Crippen LogP contribution in [0.15, 0.2) is 54.7 Å². The molecule has 2 aromatic rings. The molecule has 1 aromatic carbocycles. The zero-order valence-corrected chi connectivity index (χ0v) is 18.9. The highest BCUT2D eigenvalue weighted by Crippen LogP contribution is 2.34. The number of nitrogens with zero attached hydrogens (tertiary/aromatic N) is 2. The third-order valence-electron chi connectivity index (χ3n) is 6.69. The fraction of sp³-hybridized carbons (Fsp3) is 0.560. The number of piperidine rings is 1. The molecule has 0 amide bonds. The van der Waals surface area contributed by atoms with Crippen LogP contribution in [0.2, 0.25) is 0 Å². The van der Waals surface area contributed by atoms with Gasteiger partial charge in [-0.2, -0.15) is 0 Å². The second-order valence-electron chi connectivity index (χ2n) is 8.75. The SMILES string of the molecule is CSN[C@H]1CCN(Cc2ccccn2)C[C@H]1CO[C@H]1CC[C@@H](c2ccccc2)CC1. The van der Waals surface area contributed by atoms with E-state index >= 15 is 0 Å². The summed E-state index contributed by atoms with van der Waals surface area (Å²) in [5, 5.41) is 0. The van der Waals surface area contributed by atoms with Crippen LogP contribution in [0.3, 0.4) is 0 Å². The molecule has 2 fully saturated rings. The van der Waals surface area contributed by atoms with Crippen molar-refractivity contribution in [2.24, 2.45) is 5.92 Å². The van der Waals surface area contributed by atoms with Crippen molar-refractivity contribution >= 4 is 11.9 Å². The average Bonchev–Trinajstić information content (AvgIpc) is 2.81. The number of likely N-dealkylation sites (tertiary alicyclic amines) is 1. The highest BCUT2D eigenvalue weighted by atomic mass is 32.2. The van der Waals surface area contributed by atoms with Crippen LogP contribution in [0.5, 0.6) is 0 Å². The Labute approximate surface area is 185 Å². The van der Waals surface area contributed by atoms with E-state index in [0.717, 1.165) is 31.9 Å². The zero-order chi connectivity index (χ0) is 20.6. The topological polar surface area (TPSA) is 37.4 Å². The van der Waals surface area contributed by atoms with Gasteiger partial charge in [0.15, 0.2) is 0 Å². The minimum absolute atomic E-state index is 0.422. The lowest BCUT2D eigenvalue weighted by Crippen LogP contribution is -2.49. The number of benzene rings is 1. The van der Waals surface area contributed by atoms with Crippen LogP contribution in [-0.2, 0) is 11.3 Å². The molecule has 2 atom stereocenters. The minimum Gasteiger partial charge on any atom is -0.378 e. The van der Waals surface area contributed by atoms with Crippen molar-refractivity contribution in [3.63, 3.8) is 0 Å². The third kappa shape index (κ3) is 6.07. The Morgan fingerprint density at radius 3 is 2.57 bits per heavy atom. The second-order valence-corrected chi connectivity index (χ2v) is 9.40. The van der Waals surface area contributed by atoms with Crippen molar-refractivity contribution in [1.29, 1.82) is 0 Å². The van der Waals surface area contributed by atoms with Crippen molar-refractivity contribution in [3.8, 4) is 0 Å². The molecule has 5 heteroatoms. The first-order valence-corrected chi connectivity index (χ1v) is 12.6. The molecule has 2 heterocycles. The molecule has 30 heavy (non-hydrogen) atoms. The van der Waals surface area contributed by atoms with E-state index < -0.39 is 0 Å². The molecule has 1 aromatic heterocycles. The van der Waals surface area contributed by atoms with Gasteiger partial charge < -0.3 is 4.74 Å². The van der Waals surface area contributed by atoms with Gasteiger partial charge >= 0.3 is 0 Å². The second kappa shape index (κ2) is 11.3. The summed E-state index contributed by atoms with van der Waals surface area (Å²) in [7, 11) is 0. The van der Waals surface area contributed by atoms with Crippen molar-refractivity contribution in [3.05, 3.63) is 66.0 Å². The van der Waals surface area contributed by atoms with Crippen LogP contribution >= 0.6 is 11.9 Å². The van der Waals surface area contributed by atoms with Gasteiger partial charge in [-0.15, -0.1) is 0 Å². The maximum Gasteiger partial charge on any atom is 0.0575 e. The van der Waals surface area contributed by atoms with Gasteiger partial charge in [-0.3, -0.25) is 14.6 Å². The van der Waals surface area contributed by atoms with Crippen LogP contribution in [0.4, 0.5) is 0 Å². The maximum absolute atomic E-state index is 6.49. The van der Waals surface area contributed by atoms with Gasteiger partial charge in [-0.25, -0.2) is 0 Å². The summed E-state index contributed by atoms with van der Waals surface area (Å²) in [6, 6.07) is 17.7. The van der Waals surface area contributed by atoms with Crippen LogP contribution in [-0.4, -0.2) is 48.0 Å². The molecule has 1 aliphatic heterocycles. The number of hydrogen-bond donors (Lipinski definition) is 1. The Hall–Kier alpha value is -1.40. The average molecular weight is 426 g/mol. The van der Waals surface area contributed by atoms with Gasteiger partial charge in [-0.1, -0.05) is 48.3 Å². The Bertz CT molecular complexity index is 737. The predicted molar refractivity (Wildman–Crippen MR) is 125 cm³/mol. The van der Waals surface area contributed by atoms with Gasteiger partial charge in [0, 0.05) is 37.8 Å². The van der Waals surface area contributed by atoms with E-state index in [1.807, 2.05) is 12.3 Å². The number of hydrogen-bond acceptors (Lipinski definition) is 5. The van der Waals surface area contributed by atoms with Crippen LogP contribution in [0.25, 0.3) is 0 Å². The number of ether oxygens (including phenoxy) is 1. The molecular formula is C25H35N3OS. The molecule has 0 unspecified atom stereocenters. The van der Waals surface area contributed by atoms with E-state index in [1.54, 1.807) is 11.9 Å². The maximum atomic E-state index is 6.49. The normalized spacial score (nSPS) is 27.8. The minimum atomic E-state index is 0.422. The summed E-state index contributed by atoms with van der Waals surface area (Å²) in [4.78, 5) is 7.05. The van der Waals surface area contributed by atoms with E-state index in [-0.39, 0.29) is 0 Å². The Morgan fingerprint density at radius 1 is 1.03 bits per heavy atom. The molecule has 0 radical (unpaired) electrons. The lowest BCUT2D eigenvalue weighted by molar-refractivity contribution is -0.0177. The van der Waals surface area contributed by atoms with Crippen LogP contribution < -0.4 is 4.72 Å². The standard InChI is InChI=1S/C25H35N3OS/c1-30-27-25-14-16-28(18-23-9-5-6-15-26-23)17-22(25)19-29-24-12-10-21(11-13-24)20-7-3-2-4-8-20/h2-9,15,21-22,24-25,27H,10-14,16-19H2,1H3/t21-,22-,24+,25-/m0/s1. The quantitative estimate of drug-likeness (QED) is 0.610. The van der Waals surface area contributed by atoms with Crippen LogP contribution in [0.1, 0.15) is 49.3 Å². The van der Waals surface area contributed by atoms with Gasteiger partial charge in [0.2, 0.25) is 0 Å². The van der Waals surface area contributed by atoms with Gasteiger partial charge in [0.25, 0.3) is 0 Å². The largest absolute Gasteiger partial charge is 0.378 e. The molecule has 1 saturated carbocycles. The molecule has 1 aliphatic carbocycles. The number of pyridine rings is 1. The van der Waals surface area contributed by atoms with Crippen molar-refractivity contribution in [1.82, 2.24) is 14.6 Å². The lowest BCUT2D eigenvalue weighted by Gasteiger charge is -2.39. The molecule has 4 rings (SSSR count). The summed E-state index contributed by atoms with van der Waals surface area (Å²) in [6.07, 6.45) is 10.5. The molecule has 4 nitrogen and oxygen atoms in total. The number of rotatable bonds is 8. The third-order valence-corrected chi connectivity index (χ3v) is 7.23. The van der Waals surface area contributed by atoms with Gasteiger partial charge in [0.1, 0.15) is 0 Å². The highest BCUT2D eigenvalue weighted by molar-refractivity contribution is 7.96. The summed E-state index contributed by atoms with van der Waals surface area (Å²) in [5.41, 5.74) is 2.66. The van der Waals surface area contributed by atoms with Crippen molar-refractivity contribution < 1.29 is 4.74 Å². The Morgan fingerprint density at radius 2 is 1.83 bits per heavy atom. The summed E-state index contributed by atoms with van der Waals surface area (Å²) >= 11 is 1.74. The molecule has 1 N–H and O–H groups in total. The van der Waals surface area contributed by atoms with Crippen molar-refractivity contribution in [2.75, 3.05) is 26.0 Å². The van der Waals surface area contributed by atoms with E-state index in [0.29, 0.717) is 24.0 Å². The fourth-order valence-electron chi connectivity index (χ4n) is 4.99. The fourth-order valence-corrected chi connectivity index (χ4v) is 5.61. The molecule has 0 bridgehead atoms. The van der Waals surface area contributed by atoms with Gasteiger partial charge in [-0.05, 0) is 62.0 Å². The van der Waals surface area contributed by atoms with Crippen LogP contribution in [0, 0.1) is 5.92 Å². The first kappa shape index (κ1) is 21.8. The van der Waals surface area contributed by atoms with E-state index in [1.165, 1.54) is 37.7 Å². The highest BCUT2D eigenvalue weighted by Gasteiger charge is 2.31. The molecule has 2 aliphatic rings. The van der Waals surface area contributed by atoms with E-state index in [4.69, 9.17) is 4.74 Å². The first-order valence-electron chi connectivity index (χ1n) is 11.4. The van der Waals surface area contributed by atoms with Gasteiger partial charge in [0.05, 0.1) is 18.4 Å². The Kier molecular flexibility index (Phi) is 8.21. The monoisotopic (exact) mass is 425 g/mol. The Balaban J connectivity index is 1.27. The smallest absolute Gasteiger partial charge is 0.0575 e. The number of aromatic nitrogens is 1.